The van der Waals surface area contributed by atoms with Crippen LogP contribution in [0.3, 0.4) is 0 Å². The van der Waals surface area contributed by atoms with Gasteiger partial charge >= 0.3 is 0 Å². The number of carbonyl (C=O) groups is 1. The van der Waals surface area contributed by atoms with Gasteiger partial charge in [0.15, 0.2) is 0 Å². The molecule has 0 spiro atoms. The van der Waals surface area contributed by atoms with Gasteiger partial charge in [-0.2, -0.15) is 0 Å². The number of hydrogen-bond donors (Lipinski definition) is 1. The SMILES string of the molecule is CC(NC(=O)C1=CC=C2SCc3ccccc3C(c3ccccc3F)=NC2=CC1)c1ccccc1. The molecule has 1 atom stereocenters. The highest BCUT2D eigenvalue weighted by Crippen LogP contribution is 2.36. The molecule has 35 heavy (non-hydrogen) atoms. The van der Waals surface area contributed by atoms with Crippen molar-refractivity contribution in [2.75, 3.05) is 0 Å². The second-order valence-electron chi connectivity index (χ2n) is 8.51. The average molecular weight is 481 g/mol. The van der Waals surface area contributed by atoms with Gasteiger partial charge in [0.25, 0.3) is 0 Å². The molecule has 1 aliphatic carbocycles. The Kier molecular flexibility index (Phi) is 6.77. The third-order valence-corrected chi connectivity index (χ3v) is 7.27. The van der Waals surface area contributed by atoms with Crippen LogP contribution >= 0.6 is 11.8 Å². The number of fused-ring (bicyclic) bond motifs is 2. The lowest BCUT2D eigenvalue weighted by atomic mass is 9.97. The molecule has 174 valence electrons. The van der Waals surface area contributed by atoms with Crippen molar-refractivity contribution in [3.05, 3.63) is 141 Å². The molecular weight excluding hydrogens is 455 g/mol. The number of amides is 1. The molecule has 3 aromatic carbocycles. The Labute approximate surface area is 209 Å². The predicted molar refractivity (Wildman–Crippen MR) is 142 cm³/mol. The van der Waals surface area contributed by atoms with E-state index in [4.69, 9.17) is 4.99 Å². The molecule has 0 bridgehead atoms. The molecule has 1 aliphatic heterocycles. The van der Waals surface area contributed by atoms with Crippen molar-refractivity contribution in [1.82, 2.24) is 5.32 Å². The lowest BCUT2D eigenvalue weighted by Crippen LogP contribution is -2.27. The van der Waals surface area contributed by atoms with Crippen molar-refractivity contribution < 1.29 is 9.18 Å². The van der Waals surface area contributed by atoms with Crippen LogP contribution in [0.2, 0.25) is 0 Å². The molecule has 3 nitrogen and oxygen atoms in total. The van der Waals surface area contributed by atoms with Gasteiger partial charge in [0.1, 0.15) is 5.82 Å². The molecule has 3 aromatic rings. The fraction of sp³-hybridized carbons (Fsp3) is 0.133. The summed E-state index contributed by atoms with van der Waals surface area (Å²) in [7, 11) is 0. The van der Waals surface area contributed by atoms with Crippen molar-refractivity contribution >= 4 is 23.4 Å². The van der Waals surface area contributed by atoms with E-state index in [1.165, 1.54) is 6.07 Å². The van der Waals surface area contributed by atoms with Gasteiger partial charge in [0.2, 0.25) is 5.91 Å². The monoisotopic (exact) mass is 480 g/mol. The Morgan fingerprint density at radius 2 is 1.66 bits per heavy atom. The van der Waals surface area contributed by atoms with Crippen molar-refractivity contribution in [2.45, 2.75) is 25.1 Å². The highest BCUT2D eigenvalue weighted by molar-refractivity contribution is 8.02. The Morgan fingerprint density at radius 1 is 0.943 bits per heavy atom. The first-order chi connectivity index (χ1) is 17.1. The zero-order valence-electron chi connectivity index (χ0n) is 19.4. The fourth-order valence-corrected chi connectivity index (χ4v) is 5.22. The Balaban J connectivity index is 1.48. The zero-order valence-corrected chi connectivity index (χ0v) is 20.2. The largest absolute Gasteiger partial charge is 0.346 e. The van der Waals surface area contributed by atoms with Gasteiger partial charge < -0.3 is 5.32 Å². The van der Waals surface area contributed by atoms with Crippen molar-refractivity contribution in [3.8, 4) is 0 Å². The first-order valence-electron chi connectivity index (χ1n) is 11.6. The topological polar surface area (TPSA) is 41.5 Å². The van der Waals surface area contributed by atoms with Crippen LogP contribution in [-0.4, -0.2) is 11.6 Å². The van der Waals surface area contributed by atoms with Crippen LogP contribution in [0.5, 0.6) is 0 Å². The molecule has 0 fully saturated rings. The maximum absolute atomic E-state index is 14.9. The summed E-state index contributed by atoms with van der Waals surface area (Å²) in [5, 5.41) is 3.10. The van der Waals surface area contributed by atoms with Crippen LogP contribution in [0, 0.1) is 5.82 Å². The van der Waals surface area contributed by atoms with Crippen LogP contribution in [0.15, 0.2) is 118 Å². The number of nitrogens with one attached hydrogen (secondary N) is 1. The molecule has 1 amide bonds. The summed E-state index contributed by atoms with van der Waals surface area (Å²) in [4.78, 5) is 19.0. The predicted octanol–water partition coefficient (Wildman–Crippen LogP) is 6.89. The Morgan fingerprint density at radius 3 is 2.46 bits per heavy atom. The van der Waals surface area contributed by atoms with Gasteiger partial charge in [-0.15, -0.1) is 11.8 Å². The van der Waals surface area contributed by atoms with Crippen molar-refractivity contribution in [3.63, 3.8) is 0 Å². The van der Waals surface area contributed by atoms with E-state index in [0.717, 1.165) is 33.0 Å². The minimum atomic E-state index is -0.304. The minimum Gasteiger partial charge on any atom is -0.346 e. The first-order valence-corrected chi connectivity index (χ1v) is 12.6. The summed E-state index contributed by atoms with van der Waals surface area (Å²) in [5.41, 5.74) is 5.60. The second kappa shape index (κ2) is 10.3. The molecule has 5 rings (SSSR count). The lowest BCUT2D eigenvalue weighted by Gasteiger charge is -2.18. The molecular formula is C30H25FN2OS. The first kappa shape index (κ1) is 23.1. The van der Waals surface area contributed by atoms with Gasteiger partial charge in [-0.25, -0.2) is 9.38 Å². The summed E-state index contributed by atoms with van der Waals surface area (Å²) < 4.78 is 14.9. The normalized spacial score (nSPS) is 16.1. The van der Waals surface area contributed by atoms with Crippen LogP contribution in [0.25, 0.3) is 0 Å². The number of hydrogen-bond acceptors (Lipinski definition) is 3. The fourth-order valence-electron chi connectivity index (χ4n) is 4.21. The zero-order chi connectivity index (χ0) is 24.2. The Bertz CT molecular complexity index is 1390. The average Bonchev–Trinajstić information content (AvgIpc) is 3.08. The molecule has 5 heteroatoms. The van der Waals surface area contributed by atoms with Gasteiger partial charge in [0.05, 0.1) is 17.5 Å². The quantitative estimate of drug-likeness (QED) is 0.442. The molecule has 0 radical (unpaired) electrons. The lowest BCUT2D eigenvalue weighted by molar-refractivity contribution is -0.118. The van der Waals surface area contributed by atoms with E-state index in [9.17, 15) is 9.18 Å². The number of rotatable bonds is 4. The van der Waals surface area contributed by atoms with E-state index >= 15 is 0 Å². The number of benzene rings is 3. The maximum atomic E-state index is 14.9. The van der Waals surface area contributed by atoms with E-state index in [-0.39, 0.29) is 17.8 Å². The maximum Gasteiger partial charge on any atom is 0.247 e. The van der Waals surface area contributed by atoms with Crippen LogP contribution < -0.4 is 5.32 Å². The van der Waals surface area contributed by atoms with Crippen molar-refractivity contribution in [1.29, 1.82) is 0 Å². The second-order valence-corrected chi connectivity index (χ2v) is 9.53. The number of carbonyl (C=O) groups excluding carboxylic acids is 1. The van der Waals surface area contributed by atoms with Crippen LogP contribution in [0.1, 0.15) is 41.6 Å². The molecule has 0 aromatic heterocycles. The number of allylic oxidation sites excluding steroid dienone is 3. The van der Waals surface area contributed by atoms with E-state index < -0.39 is 0 Å². The van der Waals surface area contributed by atoms with Gasteiger partial charge in [-0.05, 0) is 42.7 Å². The smallest absolute Gasteiger partial charge is 0.247 e. The van der Waals surface area contributed by atoms with Crippen molar-refractivity contribution in [2.24, 2.45) is 4.99 Å². The van der Waals surface area contributed by atoms with Crippen LogP contribution in [-0.2, 0) is 10.5 Å². The third kappa shape index (κ3) is 5.05. The van der Waals surface area contributed by atoms with Gasteiger partial charge in [-0.3, -0.25) is 4.79 Å². The van der Waals surface area contributed by atoms with E-state index in [2.05, 4.69) is 11.4 Å². The van der Waals surface area contributed by atoms with E-state index in [0.29, 0.717) is 23.3 Å². The van der Waals surface area contributed by atoms with Gasteiger partial charge in [0, 0.05) is 27.4 Å². The van der Waals surface area contributed by atoms with E-state index in [1.807, 2.05) is 79.7 Å². The number of aliphatic imine (C=N–C) groups is 1. The highest BCUT2D eigenvalue weighted by Gasteiger charge is 2.22. The summed E-state index contributed by atoms with van der Waals surface area (Å²) in [6.07, 6.45) is 6.25. The van der Waals surface area contributed by atoms with Gasteiger partial charge in [-0.1, -0.05) is 78.9 Å². The third-order valence-electron chi connectivity index (χ3n) is 6.16. The molecule has 2 aliphatic rings. The number of halogens is 1. The minimum absolute atomic E-state index is 0.101. The molecule has 1 heterocycles. The highest BCUT2D eigenvalue weighted by atomic mass is 32.2. The summed E-state index contributed by atoms with van der Waals surface area (Å²) in [5.74, 6) is 0.325. The Hall–Kier alpha value is -3.70. The molecule has 1 unspecified atom stereocenters. The summed E-state index contributed by atoms with van der Waals surface area (Å²) >= 11 is 1.68. The summed E-state index contributed by atoms with van der Waals surface area (Å²) in [6.45, 7) is 1.98. The van der Waals surface area contributed by atoms with Crippen LogP contribution in [0.4, 0.5) is 4.39 Å². The number of nitrogens with zero attached hydrogens (tertiary/aromatic N) is 1. The molecule has 0 saturated heterocycles. The summed E-state index contributed by atoms with van der Waals surface area (Å²) in [6, 6.07) is 24.6. The molecule has 0 saturated carbocycles. The standard InChI is InChI=1S/C30H25FN2OS/c1-20(21-9-3-2-4-10-21)32-30(34)22-15-17-27-28(18-16-22)35-19-23-11-5-6-12-24(23)29(33-27)25-13-7-8-14-26(25)31/h2-14,16-18,20H,15,19H2,1H3,(H,32,34). The van der Waals surface area contributed by atoms with E-state index in [1.54, 1.807) is 23.9 Å². The molecule has 1 N–H and O–H groups in total. The number of thioether (sulfide) groups is 1.